The number of carbonyl (C=O) groups is 1. The predicted molar refractivity (Wildman–Crippen MR) is 89.0 cm³/mol. The topological polar surface area (TPSA) is 103 Å². The average Bonchev–Trinajstić information content (AvgIpc) is 2.98. The van der Waals surface area contributed by atoms with Crippen LogP contribution in [0.1, 0.15) is 30.2 Å². The Morgan fingerprint density at radius 2 is 1.96 bits per heavy atom. The van der Waals surface area contributed by atoms with E-state index in [2.05, 4.69) is 15.4 Å². The molecule has 1 amide bonds. The predicted octanol–water partition coefficient (Wildman–Crippen LogP) is 3.17. The molecule has 0 unspecified atom stereocenters. The van der Waals surface area contributed by atoms with Gasteiger partial charge in [0.05, 0.1) is 23.0 Å². The number of hydrogen-bond donors (Lipinski definition) is 1. The van der Waals surface area contributed by atoms with Gasteiger partial charge in [-0.1, -0.05) is 0 Å². The van der Waals surface area contributed by atoms with Gasteiger partial charge in [0.15, 0.2) is 5.65 Å². The largest absolute Gasteiger partial charge is 0.321 e. The van der Waals surface area contributed by atoms with E-state index in [-0.39, 0.29) is 17.6 Å². The summed E-state index contributed by atoms with van der Waals surface area (Å²) in [7, 11) is 0. The Bertz CT molecular complexity index is 915. The first-order chi connectivity index (χ1) is 11.5. The first-order valence-corrected chi connectivity index (χ1v) is 7.35. The molecule has 2 aromatic heterocycles. The normalized spacial score (nSPS) is 11.0. The Labute approximate surface area is 137 Å². The van der Waals surface area contributed by atoms with Crippen molar-refractivity contribution in [3.63, 3.8) is 0 Å². The Balaban J connectivity index is 1.81. The van der Waals surface area contributed by atoms with Crippen LogP contribution in [0, 0.1) is 10.1 Å². The lowest BCUT2D eigenvalue weighted by Crippen LogP contribution is -2.12. The molecule has 0 bridgehead atoms. The molecule has 0 radical (unpaired) electrons. The number of benzene rings is 1. The van der Waals surface area contributed by atoms with E-state index in [4.69, 9.17) is 0 Å². The summed E-state index contributed by atoms with van der Waals surface area (Å²) < 4.78 is 1.80. The van der Waals surface area contributed by atoms with Crippen molar-refractivity contribution in [2.75, 3.05) is 5.32 Å². The van der Waals surface area contributed by atoms with Crippen molar-refractivity contribution in [2.24, 2.45) is 0 Å². The van der Waals surface area contributed by atoms with Gasteiger partial charge < -0.3 is 5.32 Å². The highest BCUT2D eigenvalue weighted by Crippen LogP contribution is 2.20. The van der Waals surface area contributed by atoms with Crippen molar-refractivity contribution in [3.05, 3.63) is 58.4 Å². The number of fused-ring (bicyclic) bond motifs is 1. The second kappa shape index (κ2) is 6.07. The molecule has 0 aliphatic rings. The van der Waals surface area contributed by atoms with Gasteiger partial charge in [-0.2, -0.15) is 5.10 Å². The summed E-state index contributed by atoms with van der Waals surface area (Å²) in [6.45, 7) is 4.02. The van der Waals surface area contributed by atoms with Gasteiger partial charge in [-0.15, -0.1) is 0 Å². The fourth-order valence-electron chi connectivity index (χ4n) is 2.32. The zero-order chi connectivity index (χ0) is 17.3. The number of anilines is 1. The molecule has 3 rings (SSSR count). The molecule has 8 nitrogen and oxygen atoms in total. The van der Waals surface area contributed by atoms with Gasteiger partial charge in [0.25, 0.3) is 11.6 Å². The number of carbonyl (C=O) groups excluding carboxylic acids is 1. The van der Waals surface area contributed by atoms with Crippen LogP contribution in [0.25, 0.3) is 11.0 Å². The maximum atomic E-state index is 12.2. The molecule has 3 aromatic rings. The highest BCUT2D eigenvalue weighted by molar-refractivity contribution is 6.04. The van der Waals surface area contributed by atoms with Gasteiger partial charge in [-0.05, 0) is 32.0 Å². The Hall–Kier alpha value is -3.29. The van der Waals surface area contributed by atoms with E-state index in [0.717, 1.165) is 11.0 Å². The number of amides is 1. The maximum Gasteiger partial charge on any atom is 0.269 e. The third-order valence-electron chi connectivity index (χ3n) is 3.52. The van der Waals surface area contributed by atoms with Gasteiger partial charge in [0.1, 0.15) is 0 Å². The van der Waals surface area contributed by atoms with Crippen LogP contribution < -0.4 is 5.32 Å². The number of aromatic nitrogens is 3. The summed E-state index contributed by atoms with van der Waals surface area (Å²) >= 11 is 0. The number of hydrogen-bond acceptors (Lipinski definition) is 5. The molecule has 0 aliphatic carbocycles. The molecule has 0 saturated heterocycles. The molecule has 122 valence electrons. The Morgan fingerprint density at radius 1 is 1.25 bits per heavy atom. The van der Waals surface area contributed by atoms with Gasteiger partial charge in [-0.3, -0.25) is 14.9 Å². The van der Waals surface area contributed by atoms with Crippen LogP contribution in [0.2, 0.25) is 0 Å². The highest BCUT2D eigenvalue weighted by Gasteiger charge is 2.12. The van der Waals surface area contributed by atoms with E-state index >= 15 is 0 Å². The minimum Gasteiger partial charge on any atom is -0.321 e. The molecule has 0 fully saturated rings. The van der Waals surface area contributed by atoms with Crippen LogP contribution >= 0.6 is 0 Å². The van der Waals surface area contributed by atoms with E-state index in [9.17, 15) is 14.9 Å². The van der Waals surface area contributed by atoms with Crippen molar-refractivity contribution >= 4 is 28.3 Å². The second-order valence-corrected chi connectivity index (χ2v) is 5.58. The molecule has 0 atom stereocenters. The number of non-ortho nitro benzene ring substituents is 1. The van der Waals surface area contributed by atoms with Crippen molar-refractivity contribution in [1.29, 1.82) is 0 Å². The lowest BCUT2D eigenvalue weighted by molar-refractivity contribution is -0.384. The number of nitrogens with one attached hydrogen (secondary N) is 1. The summed E-state index contributed by atoms with van der Waals surface area (Å²) in [5.41, 5.74) is 1.56. The van der Waals surface area contributed by atoms with E-state index < -0.39 is 4.92 Å². The third-order valence-corrected chi connectivity index (χ3v) is 3.52. The van der Waals surface area contributed by atoms with E-state index in [1.54, 1.807) is 23.1 Å². The third kappa shape index (κ3) is 2.94. The standard InChI is InChI=1S/C16H15N5O3/c1-10(2)20-15-12(8-18-20)7-13(9-17-15)19-16(22)11-3-5-14(6-4-11)21(23)24/h3-10H,1-2H3,(H,19,22). The van der Waals surface area contributed by atoms with Crippen LogP contribution in [0.15, 0.2) is 42.7 Å². The second-order valence-electron chi connectivity index (χ2n) is 5.58. The fourth-order valence-corrected chi connectivity index (χ4v) is 2.32. The summed E-state index contributed by atoms with van der Waals surface area (Å²) in [5.74, 6) is -0.359. The monoisotopic (exact) mass is 325 g/mol. The lowest BCUT2D eigenvalue weighted by atomic mass is 10.2. The Morgan fingerprint density at radius 3 is 2.58 bits per heavy atom. The van der Waals surface area contributed by atoms with Gasteiger partial charge >= 0.3 is 0 Å². The van der Waals surface area contributed by atoms with Crippen LogP contribution in [0.4, 0.5) is 11.4 Å². The zero-order valence-electron chi connectivity index (χ0n) is 13.1. The van der Waals surface area contributed by atoms with Crippen LogP contribution in [-0.2, 0) is 0 Å². The summed E-state index contributed by atoms with van der Waals surface area (Å²) in [4.78, 5) is 26.7. The molecular weight excluding hydrogens is 310 g/mol. The average molecular weight is 325 g/mol. The van der Waals surface area contributed by atoms with Crippen molar-refractivity contribution in [2.45, 2.75) is 19.9 Å². The molecule has 0 saturated carbocycles. The number of rotatable bonds is 4. The van der Waals surface area contributed by atoms with E-state index in [1.807, 2.05) is 13.8 Å². The molecule has 8 heteroatoms. The van der Waals surface area contributed by atoms with Crippen molar-refractivity contribution in [1.82, 2.24) is 14.8 Å². The van der Waals surface area contributed by atoms with Gasteiger partial charge in [0, 0.05) is 29.1 Å². The van der Waals surface area contributed by atoms with E-state index in [1.165, 1.54) is 24.3 Å². The minimum absolute atomic E-state index is 0.0595. The SMILES string of the molecule is CC(C)n1ncc2cc(NC(=O)c3ccc([N+](=O)[O-])cc3)cnc21. The van der Waals surface area contributed by atoms with Gasteiger partial charge in [0.2, 0.25) is 0 Å². The molecule has 0 aliphatic heterocycles. The summed E-state index contributed by atoms with van der Waals surface area (Å²) in [5, 5.41) is 18.5. The lowest BCUT2D eigenvalue weighted by Gasteiger charge is -2.07. The summed E-state index contributed by atoms with van der Waals surface area (Å²) in [6, 6.07) is 7.39. The molecule has 0 spiro atoms. The molecule has 24 heavy (non-hydrogen) atoms. The number of nitro benzene ring substituents is 1. The van der Waals surface area contributed by atoms with Crippen molar-refractivity contribution < 1.29 is 9.72 Å². The maximum absolute atomic E-state index is 12.2. The number of nitro groups is 1. The fraction of sp³-hybridized carbons (Fsp3) is 0.188. The Kier molecular flexibility index (Phi) is 3.95. The number of nitrogens with zero attached hydrogens (tertiary/aromatic N) is 4. The molecule has 1 N–H and O–H groups in total. The smallest absolute Gasteiger partial charge is 0.269 e. The molecular formula is C16H15N5O3. The first-order valence-electron chi connectivity index (χ1n) is 7.35. The summed E-state index contributed by atoms with van der Waals surface area (Å²) in [6.07, 6.45) is 3.26. The highest BCUT2D eigenvalue weighted by atomic mass is 16.6. The minimum atomic E-state index is -0.508. The van der Waals surface area contributed by atoms with Crippen LogP contribution in [0.3, 0.4) is 0 Å². The van der Waals surface area contributed by atoms with Gasteiger partial charge in [-0.25, -0.2) is 9.67 Å². The molecule has 1 aromatic carbocycles. The number of pyridine rings is 1. The van der Waals surface area contributed by atoms with E-state index in [0.29, 0.717) is 11.3 Å². The van der Waals surface area contributed by atoms with Crippen LogP contribution in [0.5, 0.6) is 0 Å². The van der Waals surface area contributed by atoms with Crippen LogP contribution in [-0.4, -0.2) is 25.6 Å². The quantitative estimate of drug-likeness (QED) is 0.586. The molecule has 2 heterocycles. The zero-order valence-corrected chi connectivity index (χ0v) is 13.1. The first kappa shape index (κ1) is 15.6. The van der Waals surface area contributed by atoms with Crippen molar-refractivity contribution in [3.8, 4) is 0 Å².